The van der Waals surface area contributed by atoms with Crippen molar-refractivity contribution in [2.24, 2.45) is 5.10 Å². The topological polar surface area (TPSA) is 160 Å². The minimum Gasteiger partial charge on any atom is -0.497 e. The van der Waals surface area contributed by atoms with Crippen LogP contribution in [0.3, 0.4) is 0 Å². The monoisotopic (exact) mass is 470 g/mol. The Bertz CT molecular complexity index is 1320. The average molecular weight is 470 g/mol. The maximum absolute atomic E-state index is 12.7. The van der Waals surface area contributed by atoms with Crippen LogP contribution in [0.4, 0.5) is 17.1 Å². The van der Waals surface area contributed by atoms with Gasteiger partial charge in [0.25, 0.3) is 15.7 Å². The zero-order valence-electron chi connectivity index (χ0n) is 17.1. The van der Waals surface area contributed by atoms with Gasteiger partial charge in [-0.15, -0.1) is 0 Å². The van der Waals surface area contributed by atoms with Crippen LogP contribution in [0.25, 0.3) is 0 Å². The number of nitrogens with zero attached hydrogens (tertiary/aromatic N) is 2. The maximum atomic E-state index is 12.7. The van der Waals surface area contributed by atoms with Crippen LogP contribution in [-0.4, -0.2) is 37.7 Å². The van der Waals surface area contributed by atoms with Gasteiger partial charge in [-0.05, 0) is 54.1 Å². The Morgan fingerprint density at radius 1 is 1.09 bits per heavy atom. The number of benzene rings is 3. The van der Waals surface area contributed by atoms with Gasteiger partial charge < -0.3 is 9.84 Å². The molecule has 0 fully saturated rings. The number of carbonyl (C=O) groups is 1. The fourth-order valence-electron chi connectivity index (χ4n) is 2.75. The number of carboxylic acids is 1. The number of nitro benzene ring substituents is 1. The Morgan fingerprint density at radius 2 is 1.79 bits per heavy atom. The predicted molar refractivity (Wildman–Crippen MR) is 122 cm³/mol. The Morgan fingerprint density at radius 3 is 2.42 bits per heavy atom. The van der Waals surface area contributed by atoms with Crippen LogP contribution in [0.15, 0.2) is 76.7 Å². The minimum absolute atomic E-state index is 0.0327. The molecule has 170 valence electrons. The van der Waals surface area contributed by atoms with Crippen molar-refractivity contribution >= 4 is 39.3 Å². The molecule has 12 heteroatoms. The zero-order chi connectivity index (χ0) is 24.0. The standard InChI is InChI=1S/C21H18N4O7S/c1-32-15-8-6-14(7-9-15)13-22-23-19-11-10-16(12-20(19)25(28)29)33(30,31)24-18-5-3-2-4-17(18)21(26)27/h2-13,23-24H,1H3,(H,26,27)/b22-13-. The van der Waals surface area contributed by atoms with E-state index in [0.717, 1.165) is 12.1 Å². The number of rotatable bonds is 9. The molecule has 33 heavy (non-hydrogen) atoms. The quantitative estimate of drug-likeness (QED) is 0.243. The molecule has 0 aliphatic rings. The number of hydrogen-bond donors (Lipinski definition) is 3. The summed E-state index contributed by atoms with van der Waals surface area (Å²) < 4.78 is 32.7. The summed E-state index contributed by atoms with van der Waals surface area (Å²) in [6, 6.07) is 15.5. The number of hydrazone groups is 1. The molecule has 0 amide bonds. The van der Waals surface area contributed by atoms with E-state index in [2.05, 4.69) is 15.2 Å². The molecule has 0 radical (unpaired) electrons. The van der Waals surface area contributed by atoms with Crippen LogP contribution in [0.5, 0.6) is 5.75 Å². The molecule has 0 heterocycles. The normalized spacial score (nSPS) is 11.2. The van der Waals surface area contributed by atoms with Crippen LogP contribution in [-0.2, 0) is 10.0 Å². The van der Waals surface area contributed by atoms with Crippen molar-refractivity contribution in [2.45, 2.75) is 4.90 Å². The van der Waals surface area contributed by atoms with Gasteiger partial charge in [-0.3, -0.25) is 20.3 Å². The van der Waals surface area contributed by atoms with Crippen LogP contribution in [0, 0.1) is 10.1 Å². The van der Waals surface area contributed by atoms with E-state index in [9.17, 15) is 28.4 Å². The predicted octanol–water partition coefficient (Wildman–Crippen LogP) is 3.55. The van der Waals surface area contributed by atoms with Crippen LogP contribution < -0.4 is 14.9 Å². The largest absolute Gasteiger partial charge is 0.497 e. The summed E-state index contributed by atoms with van der Waals surface area (Å²) in [5, 5.41) is 24.7. The van der Waals surface area contributed by atoms with Crippen molar-refractivity contribution in [2.75, 3.05) is 17.3 Å². The number of para-hydroxylation sites is 1. The first-order chi connectivity index (χ1) is 15.7. The fraction of sp³-hybridized carbons (Fsp3) is 0.0476. The molecule has 0 aliphatic heterocycles. The summed E-state index contributed by atoms with van der Waals surface area (Å²) in [6.07, 6.45) is 1.43. The first kappa shape index (κ1) is 23.2. The molecular weight excluding hydrogens is 452 g/mol. The van der Waals surface area contributed by atoms with Crippen molar-refractivity contribution in [3.63, 3.8) is 0 Å². The lowest BCUT2D eigenvalue weighted by molar-refractivity contribution is -0.384. The molecule has 0 aromatic heterocycles. The van der Waals surface area contributed by atoms with Gasteiger partial charge in [0.2, 0.25) is 0 Å². The fourth-order valence-corrected chi connectivity index (χ4v) is 3.85. The summed E-state index contributed by atoms with van der Waals surface area (Å²) >= 11 is 0. The van der Waals surface area contributed by atoms with Gasteiger partial charge in [-0.25, -0.2) is 13.2 Å². The summed E-state index contributed by atoms with van der Waals surface area (Å²) in [4.78, 5) is 21.7. The highest BCUT2D eigenvalue weighted by molar-refractivity contribution is 7.92. The molecule has 0 bridgehead atoms. The lowest BCUT2D eigenvalue weighted by Crippen LogP contribution is -2.16. The summed E-state index contributed by atoms with van der Waals surface area (Å²) in [7, 11) is -2.77. The van der Waals surface area contributed by atoms with Crippen molar-refractivity contribution in [1.29, 1.82) is 0 Å². The first-order valence-corrected chi connectivity index (χ1v) is 10.8. The number of ether oxygens (including phenoxy) is 1. The van der Waals surface area contributed by atoms with Gasteiger partial charge in [-0.2, -0.15) is 5.10 Å². The highest BCUT2D eigenvalue weighted by Crippen LogP contribution is 2.29. The number of sulfonamides is 1. The van der Waals surface area contributed by atoms with E-state index in [4.69, 9.17) is 4.74 Å². The number of hydrogen-bond acceptors (Lipinski definition) is 8. The van der Waals surface area contributed by atoms with E-state index in [1.165, 1.54) is 43.7 Å². The van der Waals surface area contributed by atoms with E-state index < -0.39 is 31.5 Å². The van der Waals surface area contributed by atoms with E-state index in [1.807, 2.05) is 0 Å². The number of nitro groups is 1. The lowest BCUT2D eigenvalue weighted by Gasteiger charge is -2.11. The van der Waals surface area contributed by atoms with Gasteiger partial charge in [0, 0.05) is 6.07 Å². The first-order valence-electron chi connectivity index (χ1n) is 9.28. The third-order valence-corrected chi connectivity index (χ3v) is 5.76. The second-order valence-corrected chi connectivity index (χ2v) is 8.22. The minimum atomic E-state index is -4.31. The van der Waals surface area contributed by atoms with E-state index in [0.29, 0.717) is 11.3 Å². The number of carboxylic acid groups (broad SMARTS) is 1. The Balaban J connectivity index is 1.85. The van der Waals surface area contributed by atoms with Gasteiger partial charge in [0.05, 0.1) is 34.4 Å². The van der Waals surface area contributed by atoms with E-state index >= 15 is 0 Å². The van der Waals surface area contributed by atoms with Crippen LogP contribution >= 0.6 is 0 Å². The Hall–Kier alpha value is -4.45. The van der Waals surface area contributed by atoms with Crippen molar-refractivity contribution < 1.29 is 28.0 Å². The summed E-state index contributed by atoms with van der Waals surface area (Å²) in [5.74, 6) is -0.666. The molecule has 11 nitrogen and oxygen atoms in total. The highest BCUT2D eigenvalue weighted by atomic mass is 32.2. The molecular formula is C21H18N4O7S. The Labute approximate surface area is 188 Å². The summed E-state index contributed by atoms with van der Waals surface area (Å²) in [6.45, 7) is 0. The molecule has 0 aliphatic carbocycles. The Kier molecular flexibility index (Phi) is 6.88. The number of aromatic carboxylic acids is 1. The van der Waals surface area contributed by atoms with E-state index in [1.54, 1.807) is 24.3 Å². The molecule has 3 rings (SSSR count). The van der Waals surface area contributed by atoms with Gasteiger partial charge in [0.1, 0.15) is 11.4 Å². The molecule has 0 saturated heterocycles. The van der Waals surface area contributed by atoms with Crippen molar-refractivity contribution in [3.05, 3.63) is 88.0 Å². The molecule has 0 unspecified atom stereocenters. The van der Waals surface area contributed by atoms with Gasteiger partial charge >= 0.3 is 5.97 Å². The third-order valence-electron chi connectivity index (χ3n) is 4.39. The smallest absolute Gasteiger partial charge is 0.337 e. The number of methoxy groups -OCH3 is 1. The average Bonchev–Trinajstić information content (AvgIpc) is 2.79. The van der Waals surface area contributed by atoms with Crippen LogP contribution in [0.1, 0.15) is 15.9 Å². The second kappa shape index (κ2) is 9.78. The third kappa shape index (κ3) is 5.62. The van der Waals surface area contributed by atoms with E-state index in [-0.39, 0.29) is 16.9 Å². The van der Waals surface area contributed by atoms with Gasteiger partial charge in [-0.1, -0.05) is 12.1 Å². The number of anilines is 2. The zero-order valence-corrected chi connectivity index (χ0v) is 17.9. The van der Waals surface area contributed by atoms with Crippen molar-refractivity contribution in [3.8, 4) is 5.75 Å². The molecule has 0 atom stereocenters. The molecule has 3 aromatic rings. The molecule has 3 aromatic carbocycles. The molecule has 0 saturated carbocycles. The SMILES string of the molecule is COc1ccc(/C=N\Nc2ccc(S(=O)(=O)Nc3ccccc3C(=O)O)cc2[N+](=O)[O-])cc1. The lowest BCUT2D eigenvalue weighted by atomic mass is 10.2. The maximum Gasteiger partial charge on any atom is 0.337 e. The molecule has 0 spiro atoms. The van der Waals surface area contributed by atoms with Gasteiger partial charge in [0.15, 0.2) is 0 Å². The summed E-state index contributed by atoms with van der Waals surface area (Å²) in [5.41, 5.74) is 2.23. The highest BCUT2D eigenvalue weighted by Gasteiger charge is 2.23. The van der Waals surface area contributed by atoms with Crippen LogP contribution in [0.2, 0.25) is 0 Å². The number of nitrogens with one attached hydrogen (secondary N) is 2. The van der Waals surface area contributed by atoms with Crippen molar-refractivity contribution in [1.82, 2.24) is 0 Å². The molecule has 3 N–H and O–H groups in total. The second-order valence-electron chi connectivity index (χ2n) is 6.54.